The molecular weight excluding hydrogens is 250 g/mol. The van der Waals surface area contributed by atoms with E-state index in [1.165, 1.54) is 11.4 Å². The second-order valence-corrected chi connectivity index (χ2v) is 5.65. The number of hydrogen-bond donors (Lipinski definition) is 0. The minimum Gasteiger partial charge on any atom is -0.259 e. The van der Waals surface area contributed by atoms with Crippen LogP contribution in [0.3, 0.4) is 0 Å². The quantitative estimate of drug-likeness (QED) is 0.813. The van der Waals surface area contributed by atoms with Crippen LogP contribution in [0.1, 0.15) is 19.4 Å². The molecular formula is C12H17N3O2S. The molecule has 0 aromatic heterocycles. The molecule has 6 heteroatoms. The third kappa shape index (κ3) is 2.63. The Morgan fingerprint density at radius 3 is 2.28 bits per heavy atom. The van der Waals surface area contributed by atoms with Gasteiger partial charge in [-0.3, -0.25) is 4.31 Å². The zero-order valence-corrected chi connectivity index (χ0v) is 11.6. The highest BCUT2D eigenvalue weighted by Crippen LogP contribution is 2.22. The largest absolute Gasteiger partial charge is 0.303 e. The van der Waals surface area contributed by atoms with Gasteiger partial charge < -0.3 is 0 Å². The van der Waals surface area contributed by atoms with Crippen LogP contribution < -0.4 is 4.31 Å². The maximum Gasteiger partial charge on any atom is 0.303 e. The molecule has 0 saturated carbocycles. The Balaban J connectivity index is 3.22. The maximum atomic E-state index is 12.3. The molecule has 98 valence electrons. The molecule has 0 N–H and O–H groups in total. The SMILES string of the molecule is CCN(CC)S(=O)(=O)N(C)c1ccccc1C#N. The number of nitrogens with zero attached hydrogens (tertiary/aromatic N) is 3. The molecule has 0 aliphatic heterocycles. The predicted molar refractivity (Wildman–Crippen MR) is 71.4 cm³/mol. The molecule has 0 fully saturated rings. The van der Waals surface area contributed by atoms with Crippen molar-refractivity contribution < 1.29 is 8.42 Å². The minimum atomic E-state index is -3.57. The van der Waals surface area contributed by atoms with E-state index >= 15 is 0 Å². The van der Waals surface area contributed by atoms with Crippen LogP contribution in [-0.2, 0) is 10.2 Å². The molecule has 0 aliphatic rings. The summed E-state index contributed by atoms with van der Waals surface area (Å²) in [6.45, 7) is 4.37. The summed E-state index contributed by atoms with van der Waals surface area (Å²) < 4.78 is 27.1. The fraction of sp³-hybridized carbons (Fsp3) is 0.417. The van der Waals surface area contributed by atoms with Gasteiger partial charge in [-0.1, -0.05) is 26.0 Å². The number of para-hydroxylation sites is 1. The summed E-state index contributed by atoms with van der Waals surface area (Å²) in [7, 11) is -2.11. The highest BCUT2D eigenvalue weighted by Gasteiger charge is 2.26. The summed E-state index contributed by atoms with van der Waals surface area (Å²) in [6.07, 6.45) is 0. The van der Waals surface area contributed by atoms with E-state index < -0.39 is 10.2 Å². The van der Waals surface area contributed by atoms with Crippen molar-refractivity contribution in [2.24, 2.45) is 0 Å². The van der Waals surface area contributed by atoms with Gasteiger partial charge >= 0.3 is 10.2 Å². The van der Waals surface area contributed by atoms with Crippen LogP contribution in [0.15, 0.2) is 24.3 Å². The van der Waals surface area contributed by atoms with Crippen molar-refractivity contribution in [1.29, 1.82) is 5.26 Å². The van der Waals surface area contributed by atoms with Crippen molar-refractivity contribution in [1.82, 2.24) is 4.31 Å². The molecule has 1 rings (SSSR count). The highest BCUT2D eigenvalue weighted by molar-refractivity contribution is 7.90. The van der Waals surface area contributed by atoms with Crippen LogP contribution in [0, 0.1) is 11.3 Å². The lowest BCUT2D eigenvalue weighted by Gasteiger charge is -2.27. The predicted octanol–water partition coefficient (Wildman–Crippen LogP) is 1.58. The van der Waals surface area contributed by atoms with Crippen LogP contribution in [0.5, 0.6) is 0 Å². The summed E-state index contributed by atoms with van der Waals surface area (Å²) in [5.41, 5.74) is 0.739. The van der Waals surface area contributed by atoms with Gasteiger partial charge in [0, 0.05) is 20.1 Å². The maximum absolute atomic E-state index is 12.3. The van der Waals surface area contributed by atoms with Gasteiger partial charge in [0.25, 0.3) is 0 Å². The van der Waals surface area contributed by atoms with Gasteiger partial charge in [0.1, 0.15) is 6.07 Å². The van der Waals surface area contributed by atoms with Crippen molar-refractivity contribution >= 4 is 15.9 Å². The average molecular weight is 267 g/mol. The van der Waals surface area contributed by atoms with Crippen molar-refractivity contribution in [3.8, 4) is 6.07 Å². The molecule has 0 unspecified atom stereocenters. The molecule has 5 nitrogen and oxygen atoms in total. The molecule has 0 amide bonds. The van der Waals surface area contributed by atoms with E-state index in [0.717, 1.165) is 4.31 Å². The second kappa shape index (κ2) is 5.85. The Labute approximate surface area is 108 Å². The molecule has 0 radical (unpaired) electrons. The second-order valence-electron chi connectivity index (χ2n) is 3.69. The summed E-state index contributed by atoms with van der Waals surface area (Å²) >= 11 is 0. The molecule has 0 heterocycles. The van der Waals surface area contributed by atoms with E-state index in [-0.39, 0.29) is 0 Å². The Kier molecular flexibility index (Phi) is 4.70. The van der Waals surface area contributed by atoms with Gasteiger partial charge in [0.15, 0.2) is 0 Å². The molecule has 0 spiro atoms. The minimum absolute atomic E-state index is 0.343. The zero-order chi connectivity index (χ0) is 13.8. The van der Waals surface area contributed by atoms with Crippen LogP contribution in [0.4, 0.5) is 5.69 Å². The lowest BCUT2D eigenvalue weighted by atomic mass is 10.2. The van der Waals surface area contributed by atoms with Crippen LogP contribution >= 0.6 is 0 Å². The topological polar surface area (TPSA) is 64.4 Å². The molecule has 0 bridgehead atoms. The molecule has 18 heavy (non-hydrogen) atoms. The normalized spacial score (nSPS) is 11.3. The molecule has 0 aliphatic carbocycles. The molecule has 0 atom stereocenters. The lowest BCUT2D eigenvalue weighted by molar-refractivity contribution is 0.444. The summed E-state index contributed by atoms with van der Waals surface area (Å²) in [5.74, 6) is 0. The lowest BCUT2D eigenvalue weighted by Crippen LogP contribution is -2.42. The standard InChI is InChI=1S/C12H17N3O2S/c1-4-15(5-2)18(16,17)14(3)12-9-7-6-8-11(12)10-13/h6-9H,4-5H2,1-3H3. The van der Waals surface area contributed by atoms with Crippen LogP contribution in [0.2, 0.25) is 0 Å². The third-order valence-corrected chi connectivity index (χ3v) is 4.80. The van der Waals surface area contributed by atoms with E-state index in [1.807, 2.05) is 6.07 Å². The fourth-order valence-corrected chi connectivity index (χ4v) is 3.10. The Morgan fingerprint density at radius 1 is 1.22 bits per heavy atom. The van der Waals surface area contributed by atoms with Gasteiger partial charge in [0.2, 0.25) is 0 Å². The Morgan fingerprint density at radius 2 is 1.78 bits per heavy atom. The summed E-state index contributed by atoms with van der Waals surface area (Å²) in [4.78, 5) is 0. The van der Waals surface area contributed by atoms with E-state index in [4.69, 9.17) is 5.26 Å². The first-order chi connectivity index (χ1) is 8.48. The summed E-state index contributed by atoms with van der Waals surface area (Å²) in [6, 6.07) is 8.65. The first-order valence-electron chi connectivity index (χ1n) is 5.72. The smallest absolute Gasteiger partial charge is 0.259 e. The van der Waals surface area contributed by atoms with Crippen LogP contribution in [0.25, 0.3) is 0 Å². The van der Waals surface area contributed by atoms with Crippen molar-refractivity contribution in [2.75, 3.05) is 24.4 Å². The number of nitriles is 1. The van der Waals surface area contributed by atoms with Crippen LogP contribution in [-0.4, -0.2) is 32.9 Å². The Bertz CT molecular complexity index is 545. The molecule has 1 aromatic rings. The van der Waals surface area contributed by atoms with Gasteiger partial charge in [0.05, 0.1) is 11.3 Å². The van der Waals surface area contributed by atoms with Gasteiger partial charge in [-0.2, -0.15) is 18.0 Å². The molecule has 1 aromatic carbocycles. The molecule has 0 saturated heterocycles. The van der Waals surface area contributed by atoms with Crippen molar-refractivity contribution in [3.63, 3.8) is 0 Å². The third-order valence-electron chi connectivity index (χ3n) is 2.74. The zero-order valence-electron chi connectivity index (χ0n) is 10.8. The highest BCUT2D eigenvalue weighted by atomic mass is 32.2. The fourth-order valence-electron chi connectivity index (χ4n) is 1.69. The first-order valence-corrected chi connectivity index (χ1v) is 7.11. The number of anilines is 1. The van der Waals surface area contributed by atoms with E-state index in [0.29, 0.717) is 24.3 Å². The van der Waals surface area contributed by atoms with Gasteiger partial charge in [-0.15, -0.1) is 0 Å². The van der Waals surface area contributed by atoms with E-state index in [1.54, 1.807) is 38.1 Å². The van der Waals surface area contributed by atoms with Gasteiger partial charge in [-0.25, -0.2) is 0 Å². The monoisotopic (exact) mass is 267 g/mol. The number of rotatable bonds is 5. The van der Waals surface area contributed by atoms with Gasteiger partial charge in [-0.05, 0) is 12.1 Å². The number of benzene rings is 1. The van der Waals surface area contributed by atoms with E-state index in [9.17, 15) is 8.42 Å². The average Bonchev–Trinajstić information content (AvgIpc) is 2.38. The van der Waals surface area contributed by atoms with Crippen molar-refractivity contribution in [3.05, 3.63) is 29.8 Å². The van der Waals surface area contributed by atoms with E-state index in [2.05, 4.69) is 0 Å². The number of hydrogen-bond acceptors (Lipinski definition) is 3. The Hall–Kier alpha value is -1.58. The van der Waals surface area contributed by atoms with Crippen molar-refractivity contribution in [2.45, 2.75) is 13.8 Å². The summed E-state index contributed by atoms with van der Waals surface area (Å²) in [5, 5.41) is 9.00. The first kappa shape index (κ1) is 14.5.